The van der Waals surface area contributed by atoms with Crippen LogP contribution in [0.15, 0.2) is 0 Å². The Bertz CT molecular complexity index is 169. The first-order valence-corrected chi connectivity index (χ1v) is 6.22. The van der Waals surface area contributed by atoms with Gasteiger partial charge < -0.3 is 0 Å². The number of hydrogen-bond donors (Lipinski definition) is 5. The van der Waals surface area contributed by atoms with E-state index in [1.54, 1.807) is 0 Å². The van der Waals surface area contributed by atoms with Crippen molar-refractivity contribution < 1.29 is 0 Å². The fraction of sp³-hybridized carbons (Fsp3) is 1.00. The maximum atomic E-state index is 3.35. The summed E-state index contributed by atoms with van der Waals surface area (Å²) in [4.78, 5) is 0.791. The Morgan fingerprint density at radius 3 is 2.92 bits per heavy atom. The summed E-state index contributed by atoms with van der Waals surface area (Å²) < 4.78 is 3.29. The third-order valence-electron chi connectivity index (χ3n) is 2.91. The molecule has 0 aromatic carbocycles. The average molecular weight is 234 g/mol. The van der Waals surface area contributed by atoms with Gasteiger partial charge in [0.25, 0.3) is 0 Å². The van der Waals surface area contributed by atoms with E-state index in [-0.39, 0.29) is 0 Å². The van der Waals surface area contributed by atoms with Gasteiger partial charge in [0, 0.05) is 0 Å². The van der Waals surface area contributed by atoms with E-state index in [0.717, 1.165) is 4.82 Å². The summed E-state index contributed by atoms with van der Waals surface area (Å²) in [6, 6.07) is 1.95. The Hall–Kier alpha value is 0.319. The second kappa shape index (κ2) is 2.92. The van der Waals surface area contributed by atoms with Gasteiger partial charge >= 0.3 is 77.2 Å². The molecular formula is C6H13N5Se. The number of fused-ring (bicyclic) bond motifs is 3. The molecule has 3 rings (SSSR count). The molecule has 0 amide bonds. The molecule has 68 valence electrons. The molecule has 12 heavy (non-hydrogen) atoms. The van der Waals surface area contributed by atoms with Crippen molar-refractivity contribution in [1.29, 1.82) is 0 Å². The Morgan fingerprint density at radius 2 is 1.92 bits per heavy atom. The third kappa shape index (κ3) is 1.04. The van der Waals surface area contributed by atoms with Crippen LogP contribution in [0.5, 0.6) is 0 Å². The molecule has 4 atom stereocenters. The standard InChI is InChI=1S/C6H13N5Se/c1-2-4-6(12-11-8-4)5-3(1)7-10-9-5/h3-11H,1-2H2. The van der Waals surface area contributed by atoms with E-state index in [1.165, 1.54) is 12.8 Å². The first kappa shape index (κ1) is 7.70. The van der Waals surface area contributed by atoms with Crippen LogP contribution in [-0.2, 0) is 0 Å². The molecule has 3 aliphatic rings. The van der Waals surface area contributed by atoms with Crippen molar-refractivity contribution in [2.45, 2.75) is 35.8 Å². The van der Waals surface area contributed by atoms with Gasteiger partial charge in [-0.15, -0.1) is 0 Å². The molecule has 5 N–H and O–H groups in total. The van der Waals surface area contributed by atoms with Gasteiger partial charge in [-0.1, -0.05) is 0 Å². The Kier molecular flexibility index (Phi) is 1.87. The van der Waals surface area contributed by atoms with E-state index in [0.29, 0.717) is 33.3 Å². The minimum absolute atomic E-state index is 0.550. The maximum absolute atomic E-state index is 3.35. The normalized spacial score (nSPS) is 52.0. The van der Waals surface area contributed by atoms with E-state index >= 15 is 0 Å². The fourth-order valence-electron chi connectivity index (χ4n) is 2.23. The number of rotatable bonds is 0. The Morgan fingerprint density at radius 1 is 1.00 bits per heavy atom. The molecule has 0 aromatic heterocycles. The van der Waals surface area contributed by atoms with Crippen molar-refractivity contribution >= 4 is 15.2 Å². The summed E-state index contributed by atoms with van der Waals surface area (Å²) in [5.74, 6) is 0. The third-order valence-corrected chi connectivity index (χ3v) is 5.28. The summed E-state index contributed by atoms with van der Waals surface area (Å²) in [7, 11) is 0. The van der Waals surface area contributed by atoms with Gasteiger partial charge in [0.2, 0.25) is 0 Å². The fourth-order valence-corrected chi connectivity index (χ4v) is 4.60. The predicted octanol–water partition coefficient (Wildman–Crippen LogP) is -1.99. The van der Waals surface area contributed by atoms with E-state index in [4.69, 9.17) is 0 Å². The summed E-state index contributed by atoms with van der Waals surface area (Å²) in [5.41, 5.74) is 13.0. The molecule has 3 fully saturated rings. The van der Waals surface area contributed by atoms with Crippen LogP contribution in [-0.4, -0.2) is 33.3 Å². The van der Waals surface area contributed by atoms with Crippen molar-refractivity contribution in [2.24, 2.45) is 0 Å². The molecule has 0 bridgehead atoms. The van der Waals surface area contributed by atoms with Crippen LogP contribution < -0.4 is 26.3 Å². The van der Waals surface area contributed by atoms with Crippen LogP contribution in [0.2, 0.25) is 4.82 Å². The van der Waals surface area contributed by atoms with Crippen LogP contribution in [0.3, 0.4) is 0 Å². The Balaban J connectivity index is 1.81. The first-order chi connectivity index (χ1) is 5.95. The van der Waals surface area contributed by atoms with Gasteiger partial charge in [0.15, 0.2) is 0 Å². The molecular weight excluding hydrogens is 221 g/mol. The molecule has 2 heterocycles. The van der Waals surface area contributed by atoms with Crippen LogP contribution in [0.4, 0.5) is 0 Å². The van der Waals surface area contributed by atoms with E-state index in [2.05, 4.69) is 26.3 Å². The molecule has 1 aliphatic carbocycles. The van der Waals surface area contributed by atoms with Crippen molar-refractivity contribution in [3.8, 4) is 0 Å². The summed E-state index contributed by atoms with van der Waals surface area (Å²) in [6.45, 7) is 0. The zero-order valence-electron chi connectivity index (χ0n) is 6.63. The zero-order chi connectivity index (χ0) is 7.97. The van der Waals surface area contributed by atoms with E-state index < -0.39 is 0 Å². The van der Waals surface area contributed by atoms with Crippen molar-refractivity contribution in [3.63, 3.8) is 0 Å². The summed E-state index contributed by atoms with van der Waals surface area (Å²) in [6.07, 6.45) is 2.55. The first-order valence-electron chi connectivity index (χ1n) is 4.37. The van der Waals surface area contributed by atoms with Crippen LogP contribution in [0.1, 0.15) is 12.8 Å². The molecule has 4 unspecified atom stereocenters. The summed E-state index contributed by atoms with van der Waals surface area (Å²) >= 11 is 0.550. The van der Waals surface area contributed by atoms with Gasteiger partial charge in [-0.05, 0) is 0 Å². The van der Waals surface area contributed by atoms with Crippen LogP contribution in [0, 0.1) is 0 Å². The quantitative estimate of drug-likeness (QED) is 0.314. The van der Waals surface area contributed by atoms with Gasteiger partial charge in [-0.2, -0.15) is 0 Å². The Labute approximate surface area is 77.7 Å². The number of hydrogen-bond acceptors (Lipinski definition) is 5. The van der Waals surface area contributed by atoms with Crippen LogP contribution in [0.25, 0.3) is 0 Å². The van der Waals surface area contributed by atoms with E-state index in [1.807, 2.05) is 0 Å². The van der Waals surface area contributed by atoms with Crippen molar-refractivity contribution in [1.82, 2.24) is 26.3 Å². The van der Waals surface area contributed by atoms with Crippen molar-refractivity contribution in [2.75, 3.05) is 0 Å². The second-order valence-electron chi connectivity index (χ2n) is 3.56. The molecule has 2 saturated heterocycles. The topological polar surface area (TPSA) is 60.1 Å². The average Bonchev–Trinajstić information content (AvgIpc) is 2.71. The zero-order valence-corrected chi connectivity index (χ0v) is 8.34. The molecule has 5 nitrogen and oxygen atoms in total. The molecule has 0 aromatic rings. The summed E-state index contributed by atoms with van der Waals surface area (Å²) in [5, 5.41) is 0. The molecule has 2 aliphatic heterocycles. The van der Waals surface area contributed by atoms with Gasteiger partial charge in [-0.3, -0.25) is 0 Å². The van der Waals surface area contributed by atoms with E-state index in [9.17, 15) is 0 Å². The molecule has 0 radical (unpaired) electrons. The molecule has 1 saturated carbocycles. The van der Waals surface area contributed by atoms with Crippen LogP contribution >= 0.6 is 0 Å². The van der Waals surface area contributed by atoms with Crippen molar-refractivity contribution in [3.05, 3.63) is 0 Å². The minimum atomic E-state index is 0.550. The predicted molar refractivity (Wildman–Crippen MR) is 45.8 cm³/mol. The number of nitrogens with one attached hydrogen (secondary N) is 5. The molecule has 6 heteroatoms. The monoisotopic (exact) mass is 235 g/mol. The molecule has 0 spiro atoms. The SMILES string of the molecule is C1CC2NN[Se]C2C2NNNC12. The second-order valence-corrected chi connectivity index (χ2v) is 5.62. The van der Waals surface area contributed by atoms with Gasteiger partial charge in [0.05, 0.1) is 0 Å². The van der Waals surface area contributed by atoms with Gasteiger partial charge in [0.1, 0.15) is 0 Å². The number of hydrazine groups is 3. The van der Waals surface area contributed by atoms with Gasteiger partial charge in [-0.25, -0.2) is 0 Å².